The highest BCUT2D eigenvalue weighted by molar-refractivity contribution is 6.33. The van der Waals surface area contributed by atoms with Gasteiger partial charge in [0.1, 0.15) is 11.5 Å². The van der Waals surface area contributed by atoms with E-state index in [1.165, 1.54) is 19.1 Å². The predicted molar refractivity (Wildman–Crippen MR) is 44.5 cm³/mol. The average molecular weight is 209 g/mol. The van der Waals surface area contributed by atoms with Gasteiger partial charge >= 0.3 is 6.61 Å². The summed E-state index contributed by atoms with van der Waals surface area (Å²) < 4.78 is 27.7. The number of rotatable bonds is 2. The van der Waals surface area contributed by atoms with Crippen LogP contribution in [-0.4, -0.2) is 11.7 Å². The Bertz CT molecular complexity index is 315. The molecule has 1 rings (SSSR count). The maximum Gasteiger partial charge on any atom is 0.387 e. The second-order valence-electron chi connectivity index (χ2n) is 2.40. The summed E-state index contributed by atoms with van der Waals surface area (Å²) in [5.41, 5.74) is 0.319. The zero-order valence-electron chi connectivity index (χ0n) is 6.72. The van der Waals surface area contributed by atoms with Crippen molar-refractivity contribution in [3.05, 3.63) is 22.7 Å². The van der Waals surface area contributed by atoms with E-state index in [1.807, 2.05) is 0 Å². The Morgan fingerprint density at radius 2 is 2.08 bits per heavy atom. The highest BCUT2D eigenvalue weighted by atomic mass is 35.5. The van der Waals surface area contributed by atoms with Crippen molar-refractivity contribution >= 4 is 11.6 Å². The zero-order valence-corrected chi connectivity index (χ0v) is 7.48. The highest BCUT2D eigenvalue weighted by Gasteiger charge is 2.12. The Morgan fingerprint density at radius 3 is 2.62 bits per heavy atom. The maximum absolute atomic E-state index is 11.8. The third-order valence-corrected chi connectivity index (χ3v) is 2.01. The van der Waals surface area contributed by atoms with Crippen molar-refractivity contribution in [1.82, 2.24) is 0 Å². The summed E-state index contributed by atoms with van der Waals surface area (Å²) >= 11 is 5.62. The number of hydrogen-bond donors (Lipinski definition) is 1. The second-order valence-corrected chi connectivity index (χ2v) is 2.78. The smallest absolute Gasteiger partial charge is 0.387 e. The van der Waals surface area contributed by atoms with Crippen LogP contribution >= 0.6 is 11.6 Å². The van der Waals surface area contributed by atoms with Crippen molar-refractivity contribution in [2.45, 2.75) is 13.5 Å². The summed E-state index contributed by atoms with van der Waals surface area (Å²) in [6.07, 6.45) is 0. The average Bonchev–Trinajstić information content (AvgIpc) is 2.06. The van der Waals surface area contributed by atoms with Gasteiger partial charge in [-0.25, -0.2) is 0 Å². The number of halogens is 3. The van der Waals surface area contributed by atoms with Crippen LogP contribution in [0.3, 0.4) is 0 Å². The molecule has 0 atom stereocenters. The molecule has 72 valence electrons. The largest absolute Gasteiger partial charge is 0.508 e. The monoisotopic (exact) mass is 208 g/mol. The Morgan fingerprint density at radius 1 is 1.46 bits per heavy atom. The fourth-order valence-corrected chi connectivity index (χ4v) is 1.04. The molecule has 0 saturated heterocycles. The normalized spacial score (nSPS) is 10.5. The Kier molecular flexibility index (Phi) is 2.93. The van der Waals surface area contributed by atoms with Crippen molar-refractivity contribution in [1.29, 1.82) is 0 Å². The van der Waals surface area contributed by atoms with E-state index in [0.717, 1.165) is 0 Å². The van der Waals surface area contributed by atoms with Gasteiger partial charge < -0.3 is 9.84 Å². The number of phenolic OH excluding ortho intramolecular Hbond substituents is 1. The van der Waals surface area contributed by atoms with Crippen LogP contribution < -0.4 is 4.74 Å². The number of hydrogen-bond acceptors (Lipinski definition) is 2. The van der Waals surface area contributed by atoms with Crippen molar-refractivity contribution < 1.29 is 18.6 Å². The van der Waals surface area contributed by atoms with Crippen LogP contribution in [0.2, 0.25) is 5.02 Å². The van der Waals surface area contributed by atoms with E-state index in [2.05, 4.69) is 4.74 Å². The summed E-state index contributed by atoms with van der Waals surface area (Å²) in [7, 11) is 0. The van der Waals surface area contributed by atoms with Gasteiger partial charge in [0, 0.05) is 5.56 Å². The summed E-state index contributed by atoms with van der Waals surface area (Å²) in [6, 6.07) is 2.44. The van der Waals surface area contributed by atoms with Crippen LogP contribution in [0.1, 0.15) is 5.56 Å². The second kappa shape index (κ2) is 3.79. The molecule has 1 aromatic rings. The fourth-order valence-electron chi connectivity index (χ4n) is 0.837. The molecule has 2 nitrogen and oxygen atoms in total. The zero-order chi connectivity index (χ0) is 10.0. The van der Waals surface area contributed by atoms with Gasteiger partial charge in [-0.15, -0.1) is 0 Å². The molecule has 1 aromatic carbocycles. The van der Waals surface area contributed by atoms with Crippen molar-refractivity contribution in [2.75, 3.05) is 0 Å². The quantitative estimate of drug-likeness (QED) is 0.810. The van der Waals surface area contributed by atoms with Crippen molar-refractivity contribution in [3.63, 3.8) is 0 Å². The molecule has 0 radical (unpaired) electrons. The van der Waals surface area contributed by atoms with Crippen LogP contribution in [-0.2, 0) is 0 Å². The summed E-state index contributed by atoms with van der Waals surface area (Å²) in [4.78, 5) is 0. The molecule has 5 heteroatoms. The highest BCUT2D eigenvalue weighted by Crippen LogP contribution is 2.34. The minimum absolute atomic E-state index is 0.000278. The first kappa shape index (κ1) is 10.1. The minimum atomic E-state index is -2.92. The lowest BCUT2D eigenvalue weighted by atomic mass is 10.2. The third kappa shape index (κ3) is 2.21. The molecular weight excluding hydrogens is 202 g/mol. The molecule has 0 aromatic heterocycles. The molecule has 13 heavy (non-hydrogen) atoms. The summed E-state index contributed by atoms with van der Waals surface area (Å²) in [6.45, 7) is -1.41. The summed E-state index contributed by atoms with van der Waals surface area (Å²) in [5, 5.41) is 9.13. The molecule has 0 spiro atoms. The standard InChI is InChI=1S/C8H7ClF2O2/c1-4-5(12)2-3-6(7(4)9)13-8(10)11/h2-3,8,12H,1H3. The number of alkyl halides is 2. The molecule has 0 heterocycles. The lowest BCUT2D eigenvalue weighted by Crippen LogP contribution is -2.02. The molecule has 0 fully saturated rings. The van der Waals surface area contributed by atoms with E-state index >= 15 is 0 Å². The molecule has 1 N–H and O–H groups in total. The first-order valence-electron chi connectivity index (χ1n) is 3.45. The van der Waals surface area contributed by atoms with E-state index in [0.29, 0.717) is 5.56 Å². The molecule has 0 bridgehead atoms. The van der Waals surface area contributed by atoms with E-state index in [1.54, 1.807) is 0 Å². The Labute approximate surface area is 78.7 Å². The fraction of sp³-hybridized carbons (Fsp3) is 0.250. The van der Waals surface area contributed by atoms with Crippen LogP contribution in [0, 0.1) is 6.92 Å². The van der Waals surface area contributed by atoms with Gasteiger partial charge in [-0.2, -0.15) is 8.78 Å². The van der Waals surface area contributed by atoms with E-state index in [9.17, 15) is 8.78 Å². The topological polar surface area (TPSA) is 29.5 Å². The Hall–Kier alpha value is -1.03. The van der Waals surface area contributed by atoms with Gasteiger partial charge in [0.25, 0.3) is 0 Å². The van der Waals surface area contributed by atoms with Crippen LogP contribution in [0.25, 0.3) is 0 Å². The van der Waals surface area contributed by atoms with E-state index < -0.39 is 6.61 Å². The molecular formula is C8H7ClF2O2. The predicted octanol–water partition coefficient (Wildman–Crippen LogP) is 2.96. The number of phenols is 1. The minimum Gasteiger partial charge on any atom is -0.508 e. The van der Waals surface area contributed by atoms with Crippen LogP contribution in [0.4, 0.5) is 8.78 Å². The number of ether oxygens (including phenoxy) is 1. The molecule has 0 saturated carbocycles. The van der Waals surface area contributed by atoms with Gasteiger partial charge in [0.15, 0.2) is 0 Å². The molecule has 0 unspecified atom stereocenters. The molecule has 0 amide bonds. The van der Waals surface area contributed by atoms with Gasteiger partial charge in [0.05, 0.1) is 5.02 Å². The van der Waals surface area contributed by atoms with Gasteiger partial charge in [-0.1, -0.05) is 11.6 Å². The van der Waals surface area contributed by atoms with Crippen molar-refractivity contribution in [3.8, 4) is 11.5 Å². The Balaban J connectivity index is 3.04. The lowest BCUT2D eigenvalue weighted by Gasteiger charge is -2.08. The van der Waals surface area contributed by atoms with E-state index in [-0.39, 0.29) is 16.5 Å². The van der Waals surface area contributed by atoms with E-state index in [4.69, 9.17) is 16.7 Å². The lowest BCUT2D eigenvalue weighted by molar-refractivity contribution is -0.0498. The first-order valence-corrected chi connectivity index (χ1v) is 3.83. The summed E-state index contributed by atoms with van der Waals surface area (Å²) in [5.74, 6) is -0.182. The molecule has 0 aliphatic heterocycles. The van der Waals surface area contributed by atoms with Crippen LogP contribution in [0.5, 0.6) is 11.5 Å². The molecule has 0 aliphatic rings. The molecule has 0 aliphatic carbocycles. The number of aromatic hydroxyl groups is 1. The van der Waals surface area contributed by atoms with Crippen LogP contribution in [0.15, 0.2) is 12.1 Å². The van der Waals surface area contributed by atoms with Gasteiger partial charge in [-0.3, -0.25) is 0 Å². The maximum atomic E-state index is 11.8. The van der Waals surface area contributed by atoms with Gasteiger partial charge in [-0.05, 0) is 19.1 Å². The van der Waals surface area contributed by atoms with Gasteiger partial charge in [0.2, 0.25) is 0 Å². The SMILES string of the molecule is Cc1c(O)ccc(OC(F)F)c1Cl. The number of benzene rings is 1. The third-order valence-electron chi connectivity index (χ3n) is 1.54. The first-order chi connectivity index (χ1) is 6.02. The van der Waals surface area contributed by atoms with Crippen molar-refractivity contribution in [2.24, 2.45) is 0 Å².